The highest BCUT2D eigenvalue weighted by Crippen LogP contribution is 2.21. The molecular formula is C26H33Cl5N4O2. The molecule has 37 heavy (non-hydrogen) atoms. The van der Waals surface area contributed by atoms with E-state index in [0.29, 0.717) is 18.2 Å². The van der Waals surface area contributed by atoms with E-state index in [-0.39, 0.29) is 17.6 Å². The second-order valence-corrected chi connectivity index (χ2v) is 10.3. The summed E-state index contributed by atoms with van der Waals surface area (Å²) in [5, 5.41) is 4.51. The Morgan fingerprint density at radius 3 is 1.62 bits per heavy atom. The van der Waals surface area contributed by atoms with Gasteiger partial charge in [-0.2, -0.15) is 0 Å². The van der Waals surface area contributed by atoms with Crippen LogP contribution in [-0.2, 0) is 9.59 Å². The molecule has 204 valence electrons. The molecule has 0 aromatic heterocycles. The number of hydrogen-bond donors (Lipinski definition) is 1. The third-order valence-corrected chi connectivity index (χ3v) is 6.73. The minimum absolute atomic E-state index is 0.149. The molecule has 4 rings (SSSR count). The Kier molecular flexibility index (Phi) is 15.5. The van der Waals surface area contributed by atoms with E-state index in [9.17, 15) is 9.59 Å². The van der Waals surface area contributed by atoms with Crippen molar-refractivity contribution in [1.29, 1.82) is 0 Å². The molecule has 2 fully saturated rings. The van der Waals surface area contributed by atoms with Crippen LogP contribution in [-0.4, -0.2) is 80.2 Å². The van der Waals surface area contributed by atoms with Crippen LogP contribution in [0.3, 0.4) is 0 Å². The van der Waals surface area contributed by atoms with E-state index in [1.54, 1.807) is 0 Å². The molecule has 0 aliphatic carbocycles. The van der Waals surface area contributed by atoms with Crippen LogP contribution in [0.25, 0.3) is 0 Å². The van der Waals surface area contributed by atoms with E-state index in [1.165, 1.54) is 5.69 Å². The average molecular weight is 611 g/mol. The largest absolute Gasteiger partial charge is 0.369 e. The van der Waals surface area contributed by atoms with Gasteiger partial charge in [-0.25, -0.2) is 0 Å². The summed E-state index contributed by atoms with van der Waals surface area (Å²) in [4.78, 5) is 27.9. The monoisotopic (exact) mass is 608 g/mol. The van der Waals surface area contributed by atoms with Gasteiger partial charge >= 0.3 is 0 Å². The molecule has 1 N–H and O–H groups in total. The number of halogens is 5. The molecule has 6 nitrogen and oxygen atoms in total. The van der Waals surface area contributed by atoms with Crippen molar-refractivity contribution in [2.24, 2.45) is 0 Å². The maximum Gasteiger partial charge on any atom is 0.223 e. The predicted molar refractivity (Wildman–Crippen MR) is 158 cm³/mol. The maximum atomic E-state index is 11.7. The number of nitrogens with one attached hydrogen (secondary N) is 1. The second kappa shape index (κ2) is 18.0. The standard InChI is InChI=1S/C13H16Cl2N2O.C10H13ClN2.C3H4Cl2O/c14-5-4-13(18)17-8-6-16(7-9-17)12-3-1-2-11(15)10-12;11-9-2-1-3-10(8-9)13-6-4-12-5-7-13;4-2-1-3(5)6/h1-3,10H,4-9H2;1-3,8,12H,4-7H2;1-2H2. The summed E-state index contributed by atoms with van der Waals surface area (Å²) in [6, 6.07) is 15.9. The lowest BCUT2D eigenvalue weighted by Crippen LogP contribution is -2.48. The minimum atomic E-state index is -0.370. The number of piperazine rings is 2. The molecule has 0 radical (unpaired) electrons. The first-order valence-corrected chi connectivity index (χ1v) is 14.3. The lowest BCUT2D eigenvalue weighted by atomic mass is 10.2. The summed E-state index contributed by atoms with van der Waals surface area (Å²) >= 11 is 27.4. The van der Waals surface area contributed by atoms with Crippen LogP contribution >= 0.6 is 58.0 Å². The number of amides is 1. The van der Waals surface area contributed by atoms with Gasteiger partial charge in [0, 0.05) is 98.4 Å². The zero-order valence-electron chi connectivity index (χ0n) is 20.7. The number of anilines is 2. The molecule has 2 aromatic carbocycles. The van der Waals surface area contributed by atoms with Gasteiger partial charge in [0.05, 0.1) is 0 Å². The van der Waals surface area contributed by atoms with Crippen LogP contribution in [0.15, 0.2) is 48.5 Å². The highest BCUT2D eigenvalue weighted by atomic mass is 35.5. The topological polar surface area (TPSA) is 55.9 Å². The predicted octanol–water partition coefficient (Wildman–Crippen LogP) is 5.75. The van der Waals surface area contributed by atoms with Gasteiger partial charge in [0.1, 0.15) is 0 Å². The molecule has 1 amide bonds. The van der Waals surface area contributed by atoms with E-state index in [0.717, 1.165) is 68.1 Å². The van der Waals surface area contributed by atoms with E-state index in [2.05, 4.69) is 21.2 Å². The molecular weight excluding hydrogens is 578 g/mol. The third-order valence-electron chi connectivity index (χ3n) is 5.70. The Hall–Kier alpha value is -1.41. The van der Waals surface area contributed by atoms with Gasteiger partial charge in [0.2, 0.25) is 11.1 Å². The number of alkyl halides is 2. The number of carbonyl (C=O) groups is 2. The number of hydrogen-bond acceptors (Lipinski definition) is 5. The van der Waals surface area contributed by atoms with Crippen LogP contribution in [0.4, 0.5) is 11.4 Å². The molecule has 2 aromatic rings. The quantitative estimate of drug-likeness (QED) is 0.334. The van der Waals surface area contributed by atoms with Crippen LogP contribution in [0.1, 0.15) is 12.8 Å². The molecule has 2 aliphatic rings. The Labute approximate surface area is 244 Å². The second-order valence-electron chi connectivity index (χ2n) is 8.30. The number of nitrogens with zero attached hydrogens (tertiary/aromatic N) is 3. The molecule has 2 aliphatic heterocycles. The summed E-state index contributed by atoms with van der Waals surface area (Å²) in [5.41, 5.74) is 2.35. The van der Waals surface area contributed by atoms with Gasteiger partial charge in [-0.05, 0) is 48.0 Å². The van der Waals surface area contributed by atoms with Crippen molar-refractivity contribution >= 4 is 80.5 Å². The normalized spacial score (nSPS) is 15.2. The van der Waals surface area contributed by atoms with E-state index in [4.69, 9.17) is 58.0 Å². The maximum absolute atomic E-state index is 11.7. The van der Waals surface area contributed by atoms with Crippen molar-refractivity contribution in [1.82, 2.24) is 10.2 Å². The molecule has 2 saturated heterocycles. The zero-order valence-corrected chi connectivity index (χ0v) is 24.4. The lowest BCUT2D eigenvalue weighted by Gasteiger charge is -2.36. The fourth-order valence-corrected chi connectivity index (χ4v) is 4.69. The lowest BCUT2D eigenvalue weighted by molar-refractivity contribution is -0.131. The molecule has 0 spiro atoms. The van der Waals surface area contributed by atoms with E-state index in [1.807, 2.05) is 47.4 Å². The zero-order chi connectivity index (χ0) is 27.0. The fraction of sp³-hybridized carbons (Fsp3) is 0.462. The van der Waals surface area contributed by atoms with Gasteiger partial charge in [0.15, 0.2) is 0 Å². The molecule has 2 heterocycles. The number of rotatable bonds is 6. The van der Waals surface area contributed by atoms with Crippen LogP contribution < -0.4 is 15.1 Å². The first-order chi connectivity index (χ1) is 17.8. The Balaban J connectivity index is 0.000000221. The minimum Gasteiger partial charge on any atom is -0.369 e. The molecule has 0 unspecified atom stereocenters. The number of carbonyl (C=O) groups excluding carboxylic acids is 2. The van der Waals surface area contributed by atoms with Gasteiger partial charge in [0.25, 0.3) is 0 Å². The number of benzene rings is 2. The van der Waals surface area contributed by atoms with Gasteiger partial charge in [-0.1, -0.05) is 35.3 Å². The highest BCUT2D eigenvalue weighted by Gasteiger charge is 2.20. The van der Waals surface area contributed by atoms with Crippen molar-refractivity contribution in [3.8, 4) is 0 Å². The van der Waals surface area contributed by atoms with Gasteiger partial charge in [-0.15, -0.1) is 23.2 Å². The van der Waals surface area contributed by atoms with Crippen molar-refractivity contribution in [3.05, 3.63) is 58.6 Å². The van der Waals surface area contributed by atoms with E-state index >= 15 is 0 Å². The van der Waals surface area contributed by atoms with Crippen molar-refractivity contribution in [2.45, 2.75) is 12.8 Å². The van der Waals surface area contributed by atoms with Crippen LogP contribution in [0, 0.1) is 0 Å². The summed E-state index contributed by atoms with van der Waals surface area (Å²) < 4.78 is 0. The van der Waals surface area contributed by atoms with Gasteiger partial charge in [-0.3, -0.25) is 9.59 Å². The summed E-state index contributed by atoms with van der Waals surface area (Å²) in [5.74, 6) is 0.867. The Morgan fingerprint density at radius 1 is 0.730 bits per heavy atom. The third kappa shape index (κ3) is 12.3. The SMILES string of the molecule is Clc1cccc(N2CCNCC2)c1.O=C(CCCl)N1CCN(c2cccc(Cl)c2)CC1.O=C(Cl)CCCl. The molecule has 0 bridgehead atoms. The summed E-state index contributed by atoms with van der Waals surface area (Å²) in [7, 11) is 0. The first kappa shape index (κ1) is 31.8. The van der Waals surface area contributed by atoms with E-state index < -0.39 is 0 Å². The highest BCUT2D eigenvalue weighted by molar-refractivity contribution is 6.63. The summed E-state index contributed by atoms with van der Waals surface area (Å²) in [6.07, 6.45) is 0.696. The van der Waals surface area contributed by atoms with Gasteiger partial charge < -0.3 is 20.0 Å². The average Bonchev–Trinajstić information content (AvgIpc) is 2.90. The Bertz CT molecular complexity index is 967. The molecule has 0 saturated carbocycles. The smallest absolute Gasteiger partial charge is 0.223 e. The van der Waals surface area contributed by atoms with Crippen LogP contribution in [0.5, 0.6) is 0 Å². The first-order valence-electron chi connectivity index (χ1n) is 12.1. The van der Waals surface area contributed by atoms with Crippen molar-refractivity contribution in [3.63, 3.8) is 0 Å². The van der Waals surface area contributed by atoms with Crippen LogP contribution in [0.2, 0.25) is 10.0 Å². The fourth-order valence-electron chi connectivity index (χ4n) is 3.80. The molecule has 0 atom stereocenters. The summed E-state index contributed by atoms with van der Waals surface area (Å²) in [6.45, 7) is 7.45. The van der Waals surface area contributed by atoms with Crippen molar-refractivity contribution in [2.75, 3.05) is 73.9 Å². The van der Waals surface area contributed by atoms with Crippen molar-refractivity contribution < 1.29 is 9.59 Å². The Morgan fingerprint density at radius 2 is 1.22 bits per heavy atom. The molecule has 11 heteroatoms.